The summed E-state index contributed by atoms with van der Waals surface area (Å²) in [5.74, 6) is -0.886. The predicted octanol–water partition coefficient (Wildman–Crippen LogP) is 2.67. The number of piperidine rings is 1. The molecular formula is C22H30F2N4O2. The highest BCUT2D eigenvalue weighted by molar-refractivity contribution is 5.27. The molecule has 8 heteroatoms. The average molecular weight is 421 g/mol. The van der Waals surface area contributed by atoms with Crippen LogP contribution in [0, 0.1) is 0 Å². The fourth-order valence-electron chi connectivity index (χ4n) is 4.29. The van der Waals surface area contributed by atoms with Gasteiger partial charge < -0.3 is 14.4 Å². The van der Waals surface area contributed by atoms with Gasteiger partial charge in [0, 0.05) is 71.6 Å². The zero-order chi connectivity index (χ0) is 21.2. The number of rotatable bonds is 7. The Kier molecular flexibility index (Phi) is 6.09. The van der Waals surface area contributed by atoms with Gasteiger partial charge in [-0.25, -0.2) is 13.8 Å². The van der Waals surface area contributed by atoms with Gasteiger partial charge in [-0.15, -0.1) is 0 Å². The molecule has 0 amide bonds. The molecule has 0 saturated carbocycles. The molecule has 2 aliphatic heterocycles. The molecule has 3 heterocycles. The smallest absolute Gasteiger partial charge is 0.250 e. The number of aromatic nitrogens is 2. The van der Waals surface area contributed by atoms with Crippen molar-refractivity contribution in [3.63, 3.8) is 0 Å². The summed E-state index contributed by atoms with van der Waals surface area (Å²) in [6, 6.07) is 7.98. The summed E-state index contributed by atoms with van der Waals surface area (Å²) in [5.41, 5.74) is 0.332. The maximum Gasteiger partial charge on any atom is 0.250 e. The van der Waals surface area contributed by atoms with Crippen molar-refractivity contribution >= 4 is 0 Å². The van der Waals surface area contributed by atoms with Gasteiger partial charge in [0.05, 0.1) is 5.60 Å². The van der Waals surface area contributed by atoms with Crippen molar-refractivity contribution in [2.45, 2.75) is 43.9 Å². The summed E-state index contributed by atoms with van der Waals surface area (Å²) in [5, 5.41) is 11.0. The summed E-state index contributed by atoms with van der Waals surface area (Å²) >= 11 is 0. The maximum absolute atomic E-state index is 13.3. The molecule has 1 unspecified atom stereocenters. The molecule has 2 fully saturated rings. The van der Waals surface area contributed by atoms with E-state index < -0.39 is 11.5 Å². The monoisotopic (exact) mass is 420 g/mol. The third kappa shape index (κ3) is 5.36. The molecular weight excluding hydrogens is 390 g/mol. The van der Waals surface area contributed by atoms with E-state index in [9.17, 15) is 13.9 Å². The Labute approximate surface area is 176 Å². The van der Waals surface area contributed by atoms with Gasteiger partial charge in [-0.2, -0.15) is 0 Å². The largest absolute Gasteiger partial charge is 0.486 e. The van der Waals surface area contributed by atoms with E-state index in [2.05, 4.69) is 9.88 Å². The minimum atomic E-state index is -2.55. The van der Waals surface area contributed by atoms with Crippen LogP contribution in [-0.2, 0) is 20.2 Å². The number of likely N-dealkylation sites (tertiary alicyclic amines) is 2. The van der Waals surface area contributed by atoms with Gasteiger partial charge in [0.1, 0.15) is 18.2 Å². The third-order valence-corrected chi connectivity index (χ3v) is 6.14. The van der Waals surface area contributed by atoms with Crippen LogP contribution in [-0.4, -0.2) is 68.7 Å². The molecule has 2 saturated heterocycles. The lowest BCUT2D eigenvalue weighted by molar-refractivity contribution is -0.0724. The van der Waals surface area contributed by atoms with E-state index in [-0.39, 0.29) is 12.8 Å². The summed E-state index contributed by atoms with van der Waals surface area (Å²) in [7, 11) is 1.94. The molecule has 0 radical (unpaired) electrons. The van der Waals surface area contributed by atoms with Gasteiger partial charge in [0.15, 0.2) is 0 Å². The second-order valence-corrected chi connectivity index (χ2v) is 8.70. The number of halogens is 2. The number of hydrogen-bond acceptors (Lipinski definition) is 5. The van der Waals surface area contributed by atoms with Gasteiger partial charge >= 0.3 is 0 Å². The minimum absolute atomic E-state index is 0.110. The van der Waals surface area contributed by atoms with Crippen molar-refractivity contribution in [3.05, 3.63) is 48.0 Å². The number of β-amino-alcohol motifs (C(OH)–C–C–N with tert-alkyl or cyclic N) is 1. The molecule has 2 aliphatic rings. The van der Waals surface area contributed by atoms with Gasteiger partial charge in [-0.1, -0.05) is 12.1 Å². The molecule has 0 bridgehead atoms. The molecule has 6 nitrogen and oxygen atoms in total. The predicted molar refractivity (Wildman–Crippen MR) is 109 cm³/mol. The van der Waals surface area contributed by atoms with Crippen LogP contribution >= 0.6 is 0 Å². The van der Waals surface area contributed by atoms with Crippen molar-refractivity contribution in [3.8, 4) is 5.75 Å². The lowest BCUT2D eigenvalue weighted by Crippen LogP contribution is -2.49. The number of aryl methyl sites for hydroxylation is 1. The molecule has 0 aliphatic carbocycles. The first kappa shape index (κ1) is 21.2. The van der Waals surface area contributed by atoms with Gasteiger partial charge in [-0.3, -0.25) is 9.80 Å². The Morgan fingerprint density at radius 1 is 1.07 bits per heavy atom. The second kappa shape index (κ2) is 8.61. The van der Waals surface area contributed by atoms with Crippen LogP contribution in [0.4, 0.5) is 8.78 Å². The molecule has 2 aromatic rings. The number of alkyl halides is 2. The van der Waals surface area contributed by atoms with E-state index in [1.165, 1.54) is 0 Å². The number of ether oxygens (including phenoxy) is 1. The van der Waals surface area contributed by atoms with Crippen LogP contribution in [0.3, 0.4) is 0 Å². The van der Waals surface area contributed by atoms with Crippen LogP contribution in [0.2, 0.25) is 0 Å². The topological polar surface area (TPSA) is 53.8 Å². The van der Waals surface area contributed by atoms with E-state index >= 15 is 0 Å². The zero-order valence-corrected chi connectivity index (χ0v) is 17.4. The quantitative estimate of drug-likeness (QED) is 0.747. The first-order valence-electron chi connectivity index (χ1n) is 10.5. The van der Waals surface area contributed by atoms with Gasteiger partial charge in [-0.05, 0) is 24.1 Å². The molecule has 1 aromatic carbocycles. The Morgan fingerprint density at radius 2 is 1.77 bits per heavy atom. The molecule has 164 valence electrons. The zero-order valence-electron chi connectivity index (χ0n) is 17.4. The highest BCUT2D eigenvalue weighted by atomic mass is 19.3. The molecule has 30 heavy (non-hydrogen) atoms. The van der Waals surface area contributed by atoms with Crippen LogP contribution in [0.25, 0.3) is 0 Å². The molecule has 1 aromatic heterocycles. The Balaban J connectivity index is 1.24. The van der Waals surface area contributed by atoms with Crippen molar-refractivity contribution < 1.29 is 18.6 Å². The van der Waals surface area contributed by atoms with Crippen LogP contribution in [0.1, 0.15) is 30.7 Å². The fourth-order valence-corrected chi connectivity index (χ4v) is 4.29. The minimum Gasteiger partial charge on any atom is -0.486 e. The van der Waals surface area contributed by atoms with Gasteiger partial charge in [0.25, 0.3) is 5.92 Å². The maximum atomic E-state index is 13.3. The van der Waals surface area contributed by atoms with E-state index in [0.29, 0.717) is 39.2 Å². The van der Waals surface area contributed by atoms with Crippen LogP contribution < -0.4 is 4.74 Å². The highest BCUT2D eigenvalue weighted by Crippen LogP contribution is 2.30. The van der Waals surface area contributed by atoms with Crippen molar-refractivity contribution in [1.29, 1.82) is 0 Å². The third-order valence-electron chi connectivity index (χ3n) is 6.14. The number of aliphatic hydroxyl groups is 1. The number of imidazole rings is 1. The number of nitrogens with zero attached hydrogens (tertiary/aromatic N) is 4. The first-order chi connectivity index (χ1) is 14.3. The molecule has 0 spiro atoms. The lowest BCUT2D eigenvalue weighted by Gasteiger charge is -2.36. The summed E-state index contributed by atoms with van der Waals surface area (Å²) in [6.07, 6.45) is 4.09. The van der Waals surface area contributed by atoms with Crippen molar-refractivity contribution in [1.82, 2.24) is 19.4 Å². The molecule has 1 N–H and O–H groups in total. The van der Waals surface area contributed by atoms with E-state index in [0.717, 1.165) is 30.2 Å². The number of hydrogen-bond donors (Lipinski definition) is 1. The second-order valence-electron chi connectivity index (χ2n) is 8.70. The normalized spacial score (nSPS) is 24.9. The summed E-state index contributed by atoms with van der Waals surface area (Å²) < 4.78 is 34.4. The van der Waals surface area contributed by atoms with E-state index in [1.54, 1.807) is 6.20 Å². The Bertz CT molecular complexity index is 832. The summed E-state index contributed by atoms with van der Waals surface area (Å²) in [4.78, 5) is 8.45. The summed E-state index contributed by atoms with van der Waals surface area (Å²) in [6.45, 7) is 3.73. The van der Waals surface area contributed by atoms with Gasteiger partial charge in [0.2, 0.25) is 0 Å². The number of benzene rings is 1. The highest BCUT2D eigenvalue weighted by Gasteiger charge is 2.40. The first-order valence-corrected chi connectivity index (χ1v) is 10.5. The Morgan fingerprint density at radius 3 is 2.43 bits per heavy atom. The van der Waals surface area contributed by atoms with Crippen molar-refractivity contribution in [2.24, 2.45) is 7.05 Å². The SMILES string of the molecule is Cn1ccnc1COc1ccc(CN2CCC(O)(CN3CCC(F)(F)CC3)C2)cc1. The fraction of sp³-hybridized carbons (Fsp3) is 0.591. The standard InChI is InChI=1S/C22H30F2N4O2/c1-26-13-9-25-20(26)15-30-19-4-2-18(3-5-19)14-28-10-6-21(29,17-28)16-27-11-7-22(23,24)8-12-27/h2-5,9,13,29H,6-8,10-12,14-17H2,1H3. The molecule has 4 rings (SSSR count). The Hall–Kier alpha value is -2.03. The van der Waals surface area contributed by atoms with Crippen LogP contribution in [0.5, 0.6) is 5.75 Å². The van der Waals surface area contributed by atoms with Crippen LogP contribution in [0.15, 0.2) is 36.7 Å². The molecule has 1 atom stereocenters. The average Bonchev–Trinajstić information content (AvgIpc) is 3.28. The van der Waals surface area contributed by atoms with Crippen molar-refractivity contribution in [2.75, 3.05) is 32.7 Å². The van der Waals surface area contributed by atoms with E-state index in [4.69, 9.17) is 4.74 Å². The lowest BCUT2D eigenvalue weighted by atomic mass is 10.00. The van der Waals surface area contributed by atoms with E-state index in [1.807, 2.05) is 47.0 Å².